The van der Waals surface area contributed by atoms with E-state index in [-0.39, 0.29) is 11.6 Å². The third kappa shape index (κ3) is 1.44. The number of carbonyl (C=O) groups is 1. The molecule has 0 aromatic carbocycles. The zero-order valence-corrected chi connectivity index (χ0v) is 8.09. The molecule has 2 aliphatic heterocycles. The fourth-order valence-corrected chi connectivity index (χ4v) is 2.15. The van der Waals surface area contributed by atoms with Crippen molar-refractivity contribution in [2.45, 2.75) is 25.5 Å². The molecule has 2 saturated heterocycles. The Kier molecular flexibility index (Phi) is 2.04. The van der Waals surface area contributed by atoms with Crippen molar-refractivity contribution < 1.29 is 9.53 Å². The quantitative estimate of drug-likeness (QED) is 0.568. The van der Waals surface area contributed by atoms with Crippen LogP contribution in [0.4, 0.5) is 0 Å². The minimum absolute atomic E-state index is 0.179. The molecule has 0 spiro atoms. The number of esters is 1. The van der Waals surface area contributed by atoms with Crippen LogP contribution >= 0.6 is 0 Å². The molecule has 2 rings (SSSR count). The molecule has 0 saturated carbocycles. The molecule has 2 fully saturated rings. The highest BCUT2D eigenvalue weighted by Crippen LogP contribution is 2.30. The van der Waals surface area contributed by atoms with E-state index < -0.39 is 0 Å². The first kappa shape index (κ1) is 8.97. The predicted octanol–water partition coefficient (Wildman–Crippen LogP) is -0.501. The predicted molar refractivity (Wildman–Crippen MR) is 48.3 cm³/mol. The lowest BCUT2D eigenvalue weighted by Crippen LogP contribution is -2.74. The maximum absolute atomic E-state index is 10.9. The summed E-state index contributed by atoms with van der Waals surface area (Å²) in [6.45, 7) is 6.34. The molecule has 2 unspecified atom stereocenters. The summed E-state index contributed by atoms with van der Waals surface area (Å²) in [7, 11) is 0. The standard InChI is InChI=1S/C9H16N2O2/c1-6(12)13-9(2)5-11-8(9)7-3-10-4-7/h7-8,10-11H,3-5H2,1-2H3. The molecule has 0 radical (unpaired) electrons. The van der Waals surface area contributed by atoms with E-state index in [4.69, 9.17) is 4.74 Å². The molecule has 2 aliphatic rings. The molecular formula is C9H16N2O2. The molecule has 2 N–H and O–H groups in total. The van der Waals surface area contributed by atoms with Crippen LogP contribution in [0.15, 0.2) is 0 Å². The summed E-state index contributed by atoms with van der Waals surface area (Å²) < 4.78 is 5.31. The van der Waals surface area contributed by atoms with E-state index in [0.717, 1.165) is 19.6 Å². The average Bonchev–Trinajstić information content (AvgIpc) is 1.93. The Balaban J connectivity index is 1.94. The molecule has 4 heteroatoms. The van der Waals surface area contributed by atoms with Gasteiger partial charge in [-0.15, -0.1) is 0 Å². The smallest absolute Gasteiger partial charge is 0.303 e. The van der Waals surface area contributed by atoms with Gasteiger partial charge in [0.25, 0.3) is 0 Å². The van der Waals surface area contributed by atoms with Crippen LogP contribution in [0.3, 0.4) is 0 Å². The monoisotopic (exact) mass is 184 g/mol. The Morgan fingerprint density at radius 1 is 1.54 bits per heavy atom. The second-order valence-corrected chi connectivity index (χ2v) is 4.18. The third-order valence-corrected chi connectivity index (χ3v) is 2.99. The highest BCUT2D eigenvalue weighted by molar-refractivity contribution is 5.66. The lowest BCUT2D eigenvalue weighted by Gasteiger charge is -2.52. The normalized spacial score (nSPS) is 39.1. The summed E-state index contributed by atoms with van der Waals surface area (Å²) in [5.41, 5.74) is -0.265. The van der Waals surface area contributed by atoms with Gasteiger partial charge in [0.15, 0.2) is 0 Å². The van der Waals surface area contributed by atoms with Gasteiger partial charge in [-0.1, -0.05) is 0 Å². The van der Waals surface area contributed by atoms with Gasteiger partial charge in [0.05, 0.1) is 6.04 Å². The maximum atomic E-state index is 10.9. The average molecular weight is 184 g/mol. The van der Waals surface area contributed by atoms with E-state index in [0.29, 0.717) is 12.0 Å². The largest absolute Gasteiger partial charge is 0.457 e. The number of hydrogen-bond donors (Lipinski definition) is 2. The van der Waals surface area contributed by atoms with Crippen LogP contribution < -0.4 is 10.6 Å². The van der Waals surface area contributed by atoms with Crippen molar-refractivity contribution in [1.82, 2.24) is 10.6 Å². The van der Waals surface area contributed by atoms with Gasteiger partial charge < -0.3 is 15.4 Å². The minimum Gasteiger partial charge on any atom is -0.457 e. The molecule has 2 heterocycles. The first-order valence-electron chi connectivity index (χ1n) is 4.75. The van der Waals surface area contributed by atoms with E-state index in [9.17, 15) is 4.79 Å². The van der Waals surface area contributed by atoms with Gasteiger partial charge in [-0.05, 0) is 6.92 Å². The number of nitrogens with one attached hydrogen (secondary N) is 2. The molecule has 0 aliphatic carbocycles. The zero-order chi connectivity index (χ0) is 9.47. The lowest BCUT2D eigenvalue weighted by atomic mass is 9.76. The molecule has 74 valence electrons. The van der Waals surface area contributed by atoms with Crippen LogP contribution in [0.5, 0.6) is 0 Å². The zero-order valence-electron chi connectivity index (χ0n) is 8.09. The summed E-state index contributed by atoms with van der Waals surface area (Å²) in [5.74, 6) is 0.444. The third-order valence-electron chi connectivity index (χ3n) is 2.99. The molecule has 0 bridgehead atoms. The fourth-order valence-electron chi connectivity index (χ4n) is 2.15. The summed E-state index contributed by atoms with van der Waals surface area (Å²) in [5, 5.41) is 6.55. The topological polar surface area (TPSA) is 50.4 Å². The molecular weight excluding hydrogens is 168 g/mol. The molecule has 13 heavy (non-hydrogen) atoms. The summed E-state index contributed by atoms with van der Waals surface area (Å²) in [6, 6.07) is 0.345. The van der Waals surface area contributed by atoms with E-state index in [1.54, 1.807) is 0 Å². The van der Waals surface area contributed by atoms with Crippen LogP contribution in [0.2, 0.25) is 0 Å². The van der Waals surface area contributed by atoms with Gasteiger partial charge in [-0.2, -0.15) is 0 Å². The summed E-state index contributed by atoms with van der Waals surface area (Å²) in [4.78, 5) is 10.9. The van der Waals surface area contributed by atoms with Crippen molar-refractivity contribution in [2.75, 3.05) is 19.6 Å². The molecule has 4 nitrogen and oxygen atoms in total. The van der Waals surface area contributed by atoms with Gasteiger partial charge in [-0.3, -0.25) is 4.79 Å². The van der Waals surface area contributed by atoms with E-state index in [1.165, 1.54) is 6.92 Å². The summed E-state index contributed by atoms with van der Waals surface area (Å²) >= 11 is 0. The Labute approximate surface area is 78.0 Å². The Hall–Kier alpha value is -0.610. The fraction of sp³-hybridized carbons (Fsp3) is 0.889. The van der Waals surface area contributed by atoms with E-state index >= 15 is 0 Å². The first-order chi connectivity index (χ1) is 6.12. The molecule has 0 aromatic rings. The number of hydrogen-bond acceptors (Lipinski definition) is 4. The van der Waals surface area contributed by atoms with Gasteiger partial charge in [0.2, 0.25) is 0 Å². The van der Waals surface area contributed by atoms with Crippen molar-refractivity contribution in [3.05, 3.63) is 0 Å². The van der Waals surface area contributed by atoms with Gasteiger partial charge in [0, 0.05) is 32.5 Å². The van der Waals surface area contributed by atoms with Crippen molar-refractivity contribution in [3.63, 3.8) is 0 Å². The SMILES string of the molecule is CC(=O)OC1(C)CNC1C1CNC1. The van der Waals surface area contributed by atoms with Crippen molar-refractivity contribution in [3.8, 4) is 0 Å². The molecule has 0 amide bonds. The van der Waals surface area contributed by atoms with Gasteiger partial charge in [-0.25, -0.2) is 0 Å². The van der Waals surface area contributed by atoms with Crippen LogP contribution in [-0.4, -0.2) is 37.2 Å². The van der Waals surface area contributed by atoms with E-state index in [1.807, 2.05) is 6.92 Å². The van der Waals surface area contributed by atoms with Gasteiger partial charge in [0.1, 0.15) is 5.60 Å². The van der Waals surface area contributed by atoms with Gasteiger partial charge >= 0.3 is 5.97 Å². The van der Waals surface area contributed by atoms with Crippen LogP contribution in [0.25, 0.3) is 0 Å². The number of carbonyl (C=O) groups excluding carboxylic acids is 1. The summed E-state index contributed by atoms with van der Waals surface area (Å²) in [6.07, 6.45) is 0. The van der Waals surface area contributed by atoms with Crippen molar-refractivity contribution >= 4 is 5.97 Å². The van der Waals surface area contributed by atoms with Crippen molar-refractivity contribution in [2.24, 2.45) is 5.92 Å². The van der Waals surface area contributed by atoms with E-state index in [2.05, 4.69) is 10.6 Å². The van der Waals surface area contributed by atoms with Crippen LogP contribution in [0.1, 0.15) is 13.8 Å². The number of rotatable bonds is 2. The minimum atomic E-state index is -0.265. The van der Waals surface area contributed by atoms with Crippen LogP contribution in [-0.2, 0) is 9.53 Å². The lowest BCUT2D eigenvalue weighted by molar-refractivity contribution is -0.171. The molecule has 0 aromatic heterocycles. The second-order valence-electron chi connectivity index (χ2n) is 4.18. The van der Waals surface area contributed by atoms with Crippen molar-refractivity contribution in [1.29, 1.82) is 0 Å². The first-order valence-corrected chi connectivity index (χ1v) is 4.75. The highest BCUT2D eigenvalue weighted by Gasteiger charge is 2.50. The number of ether oxygens (including phenoxy) is 1. The highest BCUT2D eigenvalue weighted by atomic mass is 16.6. The Morgan fingerprint density at radius 3 is 2.54 bits per heavy atom. The Morgan fingerprint density at radius 2 is 2.23 bits per heavy atom. The second kappa shape index (κ2) is 2.96. The Bertz CT molecular complexity index is 228. The maximum Gasteiger partial charge on any atom is 0.303 e. The molecule has 2 atom stereocenters. The van der Waals surface area contributed by atoms with Crippen LogP contribution in [0, 0.1) is 5.92 Å².